The first kappa shape index (κ1) is 14.9. The van der Waals surface area contributed by atoms with E-state index < -0.39 is 0 Å². The molecule has 1 aliphatic heterocycles. The van der Waals surface area contributed by atoms with E-state index in [-0.39, 0.29) is 5.60 Å². The molecule has 0 spiro atoms. The molecule has 0 aromatic rings. The maximum atomic E-state index is 5.71. The van der Waals surface area contributed by atoms with E-state index in [9.17, 15) is 0 Å². The summed E-state index contributed by atoms with van der Waals surface area (Å²) in [5, 5.41) is 0. The van der Waals surface area contributed by atoms with Crippen LogP contribution < -0.4 is 5.73 Å². The quantitative estimate of drug-likeness (QED) is 0.664. The molecular weight excluding hydrogens is 212 g/mol. The summed E-state index contributed by atoms with van der Waals surface area (Å²) in [5.74, 6) is 0. The van der Waals surface area contributed by atoms with E-state index in [0.717, 1.165) is 26.2 Å². The summed E-state index contributed by atoms with van der Waals surface area (Å²) in [6, 6.07) is 0. The molecule has 3 heteroatoms. The Morgan fingerprint density at radius 2 is 1.71 bits per heavy atom. The predicted octanol–water partition coefficient (Wildman–Crippen LogP) is 2.40. The number of hydrogen-bond donors (Lipinski definition) is 1. The average Bonchev–Trinajstić information content (AvgIpc) is 2.27. The van der Waals surface area contributed by atoms with Crippen molar-refractivity contribution >= 4 is 0 Å². The summed E-state index contributed by atoms with van der Waals surface area (Å²) < 4.78 is 5.71. The molecular formula is C14H30N2O. The Kier molecular flexibility index (Phi) is 7.09. The van der Waals surface area contributed by atoms with Crippen LogP contribution in [0.4, 0.5) is 0 Å². The normalized spacial score (nSPS) is 20.6. The minimum atomic E-state index is 0.0549. The number of rotatable bonds is 8. The maximum Gasteiger partial charge on any atom is 0.0753 e. The summed E-state index contributed by atoms with van der Waals surface area (Å²) in [5.41, 5.74) is 5.53. The molecule has 0 aromatic heterocycles. The van der Waals surface area contributed by atoms with Crippen molar-refractivity contribution in [2.75, 3.05) is 32.8 Å². The lowest BCUT2D eigenvalue weighted by Crippen LogP contribution is -2.48. The van der Waals surface area contributed by atoms with Crippen LogP contribution in [0, 0.1) is 0 Å². The van der Waals surface area contributed by atoms with Crippen LogP contribution >= 0.6 is 0 Å². The molecule has 1 rings (SSSR count). The Hall–Kier alpha value is -0.120. The van der Waals surface area contributed by atoms with Gasteiger partial charge in [0.15, 0.2) is 0 Å². The number of hydrogen-bond acceptors (Lipinski definition) is 3. The zero-order valence-electron chi connectivity index (χ0n) is 11.7. The summed E-state index contributed by atoms with van der Waals surface area (Å²) in [6.45, 7) is 9.55. The van der Waals surface area contributed by atoms with Crippen molar-refractivity contribution in [1.29, 1.82) is 0 Å². The summed E-state index contributed by atoms with van der Waals surface area (Å²) in [4.78, 5) is 2.55. The van der Waals surface area contributed by atoms with Gasteiger partial charge in [0.25, 0.3) is 0 Å². The second kappa shape index (κ2) is 8.06. The lowest BCUT2D eigenvalue weighted by Gasteiger charge is -2.38. The fourth-order valence-electron chi connectivity index (χ4n) is 2.49. The first-order chi connectivity index (χ1) is 8.14. The number of ether oxygens (including phenoxy) is 1. The fourth-order valence-corrected chi connectivity index (χ4v) is 2.49. The van der Waals surface area contributed by atoms with E-state index >= 15 is 0 Å². The smallest absolute Gasteiger partial charge is 0.0753 e. The highest BCUT2D eigenvalue weighted by atomic mass is 16.5. The minimum absolute atomic E-state index is 0.0549. The molecule has 1 saturated heterocycles. The molecule has 1 heterocycles. The second-order valence-corrected chi connectivity index (χ2v) is 5.79. The van der Waals surface area contributed by atoms with Crippen molar-refractivity contribution in [3.63, 3.8) is 0 Å². The largest absolute Gasteiger partial charge is 0.373 e. The summed E-state index contributed by atoms with van der Waals surface area (Å²) >= 11 is 0. The van der Waals surface area contributed by atoms with Crippen molar-refractivity contribution in [2.24, 2.45) is 5.73 Å². The van der Waals surface area contributed by atoms with Crippen LogP contribution in [0.3, 0.4) is 0 Å². The van der Waals surface area contributed by atoms with Gasteiger partial charge in [-0.3, -0.25) is 4.90 Å². The van der Waals surface area contributed by atoms with Crippen LogP contribution in [-0.2, 0) is 4.74 Å². The highest BCUT2D eigenvalue weighted by molar-refractivity contribution is 4.78. The standard InChI is InChI=1S/C14H30N2O/c1-14(2)13-16(11-12-17-14)10-8-6-4-3-5-7-9-15/h3-13,15H2,1-2H3. The maximum absolute atomic E-state index is 5.71. The molecule has 0 radical (unpaired) electrons. The predicted molar refractivity (Wildman–Crippen MR) is 73.2 cm³/mol. The SMILES string of the molecule is CC1(C)CN(CCCCCCCCN)CCO1. The van der Waals surface area contributed by atoms with Crippen LogP contribution in [0.25, 0.3) is 0 Å². The molecule has 0 unspecified atom stereocenters. The molecule has 0 aromatic carbocycles. The van der Waals surface area contributed by atoms with Gasteiger partial charge in [-0.1, -0.05) is 25.7 Å². The fraction of sp³-hybridized carbons (Fsp3) is 1.00. The van der Waals surface area contributed by atoms with Crippen molar-refractivity contribution in [1.82, 2.24) is 4.90 Å². The Bertz CT molecular complexity index is 195. The topological polar surface area (TPSA) is 38.5 Å². The zero-order chi connectivity index (χ0) is 12.6. The van der Waals surface area contributed by atoms with Crippen molar-refractivity contribution in [3.05, 3.63) is 0 Å². The number of unbranched alkanes of at least 4 members (excludes halogenated alkanes) is 5. The van der Waals surface area contributed by atoms with Crippen molar-refractivity contribution in [3.8, 4) is 0 Å². The van der Waals surface area contributed by atoms with Gasteiger partial charge in [0.05, 0.1) is 12.2 Å². The molecule has 0 amide bonds. The van der Waals surface area contributed by atoms with Crippen LogP contribution in [-0.4, -0.2) is 43.3 Å². The Morgan fingerprint density at radius 1 is 1.06 bits per heavy atom. The van der Waals surface area contributed by atoms with Crippen LogP contribution in [0.1, 0.15) is 52.4 Å². The highest BCUT2D eigenvalue weighted by Crippen LogP contribution is 2.17. The van der Waals surface area contributed by atoms with Crippen LogP contribution in [0.5, 0.6) is 0 Å². The lowest BCUT2D eigenvalue weighted by molar-refractivity contribution is -0.0861. The summed E-state index contributed by atoms with van der Waals surface area (Å²) in [6.07, 6.45) is 7.92. The molecule has 2 N–H and O–H groups in total. The van der Waals surface area contributed by atoms with Crippen LogP contribution in [0.15, 0.2) is 0 Å². The molecule has 0 aliphatic carbocycles. The van der Waals surface area contributed by atoms with E-state index in [2.05, 4.69) is 18.7 Å². The van der Waals surface area contributed by atoms with Gasteiger partial charge in [-0.15, -0.1) is 0 Å². The molecule has 102 valence electrons. The van der Waals surface area contributed by atoms with Gasteiger partial charge >= 0.3 is 0 Å². The van der Waals surface area contributed by atoms with Gasteiger partial charge in [0.1, 0.15) is 0 Å². The molecule has 1 aliphatic rings. The lowest BCUT2D eigenvalue weighted by atomic mass is 10.1. The van der Waals surface area contributed by atoms with Gasteiger partial charge in [-0.25, -0.2) is 0 Å². The van der Waals surface area contributed by atoms with E-state index in [0.29, 0.717) is 0 Å². The molecule has 0 saturated carbocycles. The average molecular weight is 242 g/mol. The molecule has 0 bridgehead atoms. The number of morpholine rings is 1. The Labute approximate surface area is 107 Å². The van der Waals surface area contributed by atoms with E-state index in [1.165, 1.54) is 45.1 Å². The zero-order valence-corrected chi connectivity index (χ0v) is 11.7. The molecule has 17 heavy (non-hydrogen) atoms. The monoisotopic (exact) mass is 242 g/mol. The van der Waals surface area contributed by atoms with E-state index in [1.54, 1.807) is 0 Å². The number of nitrogens with zero attached hydrogens (tertiary/aromatic N) is 1. The van der Waals surface area contributed by atoms with Crippen LogP contribution in [0.2, 0.25) is 0 Å². The number of nitrogens with two attached hydrogens (primary N) is 1. The third-order valence-corrected chi connectivity index (χ3v) is 3.43. The Morgan fingerprint density at radius 3 is 2.35 bits per heavy atom. The summed E-state index contributed by atoms with van der Waals surface area (Å²) in [7, 11) is 0. The van der Waals surface area contributed by atoms with Gasteiger partial charge in [0, 0.05) is 13.1 Å². The van der Waals surface area contributed by atoms with Gasteiger partial charge in [-0.05, 0) is 39.8 Å². The molecule has 3 nitrogen and oxygen atoms in total. The third-order valence-electron chi connectivity index (χ3n) is 3.43. The van der Waals surface area contributed by atoms with E-state index in [4.69, 9.17) is 10.5 Å². The first-order valence-electron chi connectivity index (χ1n) is 7.20. The van der Waals surface area contributed by atoms with E-state index in [1.807, 2.05) is 0 Å². The molecule has 0 atom stereocenters. The molecule has 1 fully saturated rings. The highest BCUT2D eigenvalue weighted by Gasteiger charge is 2.26. The first-order valence-corrected chi connectivity index (χ1v) is 7.20. The van der Waals surface area contributed by atoms with Crippen molar-refractivity contribution < 1.29 is 4.74 Å². The van der Waals surface area contributed by atoms with Gasteiger partial charge in [-0.2, -0.15) is 0 Å². The van der Waals surface area contributed by atoms with Gasteiger partial charge in [0.2, 0.25) is 0 Å². The third kappa shape index (κ3) is 7.02. The van der Waals surface area contributed by atoms with Gasteiger partial charge < -0.3 is 10.5 Å². The second-order valence-electron chi connectivity index (χ2n) is 5.79. The Balaban J connectivity index is 1.95. The van der Waals surface area contributed by atoms with Crippen molar-refractivity contribution in [2.45, 2.75) is 58.0 Å². The minimum Gasteiger partial charge on any atom is -0.373 e.